The van der Waals surface area contributed by atoms with E-state index in [9.17, 15) is 0 Å². The molecular weight excluding hydrogens is 330 g/mol. The van der Waals surface area contributed by atoms with Crippen molar-refractivity contribution in [3.8, 4) is 11.1 Å². The topological polar surface area (TPSA) is 64.9 Å². The molecule has 0 spiro atoms. The Morgan fingerprint density at radius 1 is 1.09 bits per heavy atom. The lowest BCUT2D eigenvalue weighted by Gasteiger charge is -2.11. The molecule has 0 radical (unpaired) electrons. The Bertz CT molecular complexity index is 951. The van der Waals surface area contributed by atoms with Gasteiger partial charge >= 0.3 is 0 Å². The molecule has 0 amide bonds. The SMILES string of the molecule is NC(c1ccco1)c1nc(Cl)nc2scc(-c3ccccc3)c12. The Balaban J connectivity index is 1.98. The summed E-state index contributed by atoms with van der Waals surface area (Å²) in [7, 11) is 0. The average molecular weight is 342 g/mol. The van der Waals surface area contributed by atoms with Crippen molar-refractivity contribution in [1.29, 1.82) is 0 Å². The molecule has 0 aliphatic carbocycles. The number of hydrogen-bond acceptors (Lipinski definition) is 5. The van der Waals surface area contributed by atoms with Crippen LogP contribution in [-0.4, -0.2) is 9.97 Å². The number of thiophene rings is 1. The molecule has 0 saturated carbocycles. The van der Waals surface area contributed by atoms with E-state index in [0.29, 0.717) is 11.5 Å². The fourth-order valence-corrected chi connectivity index (χ4v) is 3.78. The van der Waals surface area contributed by atoms with Crippen molar-refractivity contribution < 1.29 is 4.42 Å². The number of aromatic nitrogens is 2. The minimum atomic E-state index is -0.495. The van der Waals surface area contributed by atoms with E-state index in [1.54, 1.807) is 12.3 Å². The highest BCUT2D eigenvalue weighted by Gasteiger charge is 2.22. The van der Waals surface area contributed by atoms with Crippen molar-refractivity contribution in [3.63, 3.8) is 0 Å². The van der Waals surface area contributed by atoms with Crippen LogP contribution < -0.4 is 5.73 Å². The van der Waals surface area contributed by atoms with E-state index in [-0.39, 0.29) is 5.28 Å². The first kappa shape index (κ1) is 14.4. The molecule has 4 rings (SSSR count). The zero-order chi connectivity index (χ0) is 15.8. The van der Waals surface area contributed by atoms with Crippen LogP contribution in [0.5, 0.6) is 0 Å². The predicted molar refractivity (Wildman–Crippen MR) is 92.6 cm³/mol. The summed E-state index contributed by atoms with van der Waals surface area (Å²) in [6.45, 7) is 0. The van der Waals surface area contributed by atoms with E-state index >= 15 is 0 Å². The molecule has 4 nitrogen and oxygen atoms in total. The third-order valence-electron chi connectivity index (χ3n) is 3.66. The minimum Gasteiger partial charge on any atom is -0.467 e. The van der Waals surface area contributed by atoms with Gasteiger partial charge in [0.25, 0.3) is 0 Å². The molecular formula is C17H12ClN3OS. The van der Waals surface area contributed by atoms with E-state index < -0.39 is 6.04 Å². The number of nitrogens with two attached hydrogens (primary N) is 1. The fourth-order valence-electron chi connectivity index (χ4n) is 2.60. The van der Waals surface area contributed by atoms with Crippen LogP contribution in [-0.2, 0) is 0 Å². The van der Waals surface area contributed by atoms with Crippen molar-refractivity contribution in [3.05, 3.63) is 70.8 Å². The van der Waals surface area contributed by atoms with Crippen molar-refractivity contribution in [2.75, 3.05) is 0 Å². The maximum atomic E-state index is 6.36. The number of fused-ring (bicyclic) bond motifs is 1. The zero-order valence-corrected chi connectivity index (χ0v) is 13.5. The highest BCUT2D eigenvalue weighted by molar-refractivity contribution is 7.17. The molecule has 1 aromatic carbocycles. The van der Waals surface area contributed by atoms with E-state index in [0.717, 1.165) is 21.3 Å². The first-order valence-electron chi connectivity index (χ1n) is 7.03. The summed E-state index contributed by atoms with van der Waals surface area (Å²) in [6, 6.07) is 13.2. The third kappa shape index (κ3) is 2.53. The fraction of sp³-hybridized carbons (Fsp3) is 0.0588. The Kier molecular flexibility index (Phi) is 3.61. The van der Waals surface area contributed by atoms with Gasteiger partial charge in [0, 0.05) is 16.3 Å². The molecule has 0 aliphatic heterocycles. The second kappa shape index (κ2) is 5.77. The minimum absolute atomic E-state index is 0.191. The predicted octanol–water partition coefficient (Wildman–Crippen LogP) is 4.65. The molecule has 3 aromatic heterocycles. The highest BCUT2D eigenvalue weighted by atomic mass is 35.5. The summed E-state index contributed by atoms with van der Waals surface area (Å²) in [5, 5.41) is 3.18. The maximum Gasteiger partial charge on any atom is 0.224 e. The first-order valence-corrected chi connectivity index (χ1v) is 8.29. The molecule has 1 unspecified atom stereocenters. The molecule has 0 aliphatic rings. The number of rotatable bonds is 3. The summed E-state index contributed by atoms with van der Waals surface area (Å²) >= 11 is 7.61. The molecule has 0 saturated heterocycles. The van der Waals surface area contributed by atoms with Crippen molar-refractivity contribution in [2.45, 2.75) is 6.04 Å². The molecule has 6 heteroatoms. The maximum absolute atomic E-state index is 6.36. The number of nitrogens with zero attached hydrogens (tertiary/aromatic N) is 2. The number of furan rings is 1. The largest absolute Gasteiger partial charge is 0.467 e. The number of halogens is 1. The molecule has 4 aromatic rings. The Hall–Kier alpha value is -2.21. The zero-order valence-electron chi connectivity index (χ0n) is 11.9. The first-order chi connectivity index (χ1) is 11.2. The van der Waals surface area contributed by atoms with Gasteiger partial charge in [-0.3, -0.25) is 0 Å². The molecule has 2 N–H and O–H groups in total. The lowest BCUT2D eigenvalue weighted by Crippen LogP contribution is -2.14. The van der Waals surface area contributed by atoms with Crippen molar-refractivity contribution in [2.24, 2.45) is 5.73 Å². The van der Waals surface area contributed by atoms with E-state index in [1.165, 1.54) is 11.3 Å². The van der Waals surface area contributed by atoms with Crippen LogP contribution in [0.3, 0.4) is 0 Å². The van der Waals surface area contributed by atoms with Gasteiger partial charge in [0.1, 0.15) is 16.6 Å². The molecule has 23 heavy (non-hydrogen) atoms. The monoisotopic (exact) mass is 341 g/mol. The summed E-state index contributed by atoms with van der Waals surface area (Å²) in [6.07, 6.45) is 1.60. The third-order valence-corrected chi connectivity index (χ3v) is 4.70. The van der Waals surface area contributed by atoms with Gasteiger partial charge in [0.05, 0.1) is 12.0 Å². The Morgan fingerprint density at radius 2 is 1.91 bits per heavy atom. The van der Waals surface area contributed by atoms with Gasteiger partial charge in [-0.05, 0) is 29.3 Å². The molecule has 114 valence electrons. The highest BCUT2D eigenvalue weighted by Crippen LogP contribution is 2.38. The molecule has 1 atom stereocenters. The van der Waals surface area contributed by atoms with Gasteiger partial charge in [-0.1, -0.05) is 30.3 Å². The Morgan fingerprint density at radius 3 is 2.65 bits per heavy atom. The lowest BCUT2D eigenvalue weighted by molar-refractivity contribution is 0.487. The van der Waals surface area contributed by atoms with E-state index in [2.05, 4.69) is 27.5 Å². The Labute approximate surface area is 141 Å². The average Bonchev–Trinajstić information content (AvgIpc) is 3.24. The smallest absolute Gasteiger partial charge is 0.224 e. The summed E-state index contributed by atoms with van der Waals surface area (Å²) < 4.78 is 5.44. The molecule has 3 heterocycles. The van der Waals surface area contributed by atoms with Crippen LogP contribution in [0.1, 0.15) is 17.5 Å². The van der Waals surface area contributed by atoms with Crippen LogP contribution in [0.4, 0.5) is 0 Å². The second-order valence-electron chi connectivity index (χ2n) is 5.07. The summed E-state index contributed by atoms with van der Waals surface area (Å²) in [5.74, 6) is 0.645. The van der Waals surface area contributed by atoms with Crippen LogP contribution in [0, 0.1) is 0 Å². The van der Waals surface area contributed by atoms with Crippen LogP contribution in [0.2, 0.25) is 5.28 Å². The van der Waals surface area contributed by atoms with E-state index in [4.69, 9.17) is 21.8 Å². The normalized spacial score (nSPS) is 12.6. The van der Waals surface area contributed by atoms with Gasteiger partial charge < -0.3 is 10.2 Å². The van der Waals surface area contributed by atoms with Crippen molar-refractivity contribution in [1.82, 2.24) is 9.97 Å². The number of hydrogen-bond donors (Lipinski definition) is 1. The van der Waals surface area contributed by atoms with Gasteiger partial charge in [0.2, 0.25) is 5.28 Å². The van der Waals surface area contributed by atoms with E-state index in [1.807, 2.05) is 24.3 Å². The lowest BCUT2D eigenvalue weighted by atomic mass is 10.0. The quantitative estimate of drug-likeness (QED) is 0.551. The standard InChI is InChI=1S/C17H12ClN3OS/c18-17-20-15(14(19)12-7-4-8-22-12)13-11(9-23-16(13)21-17)10-5-2-1-3-6-10/h1-9,14H,19H2. The van der Waals surface area contributed by atoms with Crippen molar-refractivity contribution >= 4 is 33.2 Å². The van der Waals surface area contributed by atoms with Gasteiger partial charge in [-0.25, -0.2) is 9.97 Å². The van der Waals surface area contributed by atoms with Gasteiger partial charge in [0.15, 0.2) is 0 Å². The summed E-state index contributed by atoms with van der Waals surface area (Å²) in [5.41, 5.74) is 9.19. The van der Waals surface area contributed by atoms with Crippen LogP contribution in [0.15, 0.2) is 58.5 Å². The van der Waals surface area contributed by atoms with Crippen LogP contribution in [0.25, 0.3) is 21.3 Å². The summed E-state index contributed by atoms with van der Waals surface area (Å²) in [4.78, 5) is 9.54. The molecule has 0 fully saturated rings. The number of benzene rings is 1. The molecule has 0 bridgehead atoms. The van der Waals surface area contributed by atoms with Crippen LogP contribution >= 0.6 is 22.9 Å². The second-order valence-corrected chi connectivity index (χ2v) is 6.26. The van der Waals surface area contributed by atoms with Gasteiger partial charge in [-0.15, -0.1) is 11.3 Å². The van der Waals surface area contributed by atoms with Gasteiger partial charge in [-0.2, -0.15) is 0 Å².